The second-order valence-electron chi connectivity index (χ2n) is 5.80. The minimum atomic E-state index is -0.541. The van der Waals surface area contributed by atoms with Gasteiger partial charge in [0, 0.05) is 11.5 Å². The highest BCUT2D eigenvalue weighted by Gasteiger charge is 2.36. The number of hydrogen-bond acceptors (Lipinski definition) is 4. The lowest BCUT2D eigenvalue weighted by molar-refractivity contribution is -0.118. The first-order chi connectivity index (χ1) is 12.5. The number of amides is 3. The van der Waals surface area contributed by atoms with Crippen LogP contribution in [0.15, 0.2) is 51.9 Å². The molecule has 3 aromatic rings. The van der Waals surface area contributed by atoms with Gasteiger partial charge in [0.05, 0.1) is 21.3 Å². The van der Waals surface area contributed by atoms with Crippen molar-refractivity contribution in [3.63, 3.8) is 0 Å². The molecule has 1 aromatic heterocycles. The smallest absolute Gasteiger partial charge is 0.268 e. The van der Waals surface area contributed by atoms with E-state index >= 15 is 0 Å². The fourth-order valence-corrected chi connectivity index (χ4v) is 4.46. The van der Waals surface area contributed by atoms with Gasteiger partial charge in [-0.15, -0.1) is 0 Å². The van der Waals surface area contributed by atoms with E-state index in [4.69, 9.17) is 0 Å². The molecule has 0 radical (unpaired) electrons. The van der Waals surface area contributed by atoms with Crippen LogP contribution in [0.4, 0.5) is 0 Å². The predicted molar refractivity (Wildman–Crippen MR) is 101 cm³/mol. The van der Waals surface area contributed by atoms with E-state index < -0.39 is 17.7 Å². The summed E-state index contributed by atoms with van der Waals surface area (Å²) in [6.45, 7) is -0.371. The monoisotopic (exact) mass is 429 g/mol. The average Bonchev–Trinajstić information content (AvgIpc) is 3.04. The molecule has 1 aliphatic rings. The number of rotatable bonds is 2. The van der Waals surface area contributed by atoms with E-state index in [1.807, 2.05) is 29.8 Å². The van der Waals surface area contributed by atoms with E-state index in [1.54, 1.807) is 24.3 Å². The van der Waals surface area contributed by atoms with Crippen LogP contribution in [0.2, 0.25) is 0 Å². The molecular weight excluding hydrogens is 418 g/mol. The van der Waals surface area contributed by atoms with Crippen molar-refractivity contribution in [2.24, 2.45) is 12.0 Å². The van der Waals surface area contributed by atoms with Crippen LogP contribution in [0.5, 0.6) is 0 Å². The number of nitrogens with zero attached hydrogens (tertiary/aromatic N) is 3. The minimum absolute atomic E-state index is 0.322. The maximum atomic E-state index is 12.4. The highest BCUT2D eigenvalue weighted by Crippen LogP contribution is 2.23. The summed E-state index contributed by atoms with van der Waals surface area (Å²) in [6.07, 6.45) is 0. The van der Waals surface area contributed by atoms with Crippen LogP contribution < -0.4 is 4.80 Å². The zero-order chi connectivity index (χ0) is 18.4. The van der Waals surface area contributed by atoms with E-state index in [1.165, 1.54) is 11.3 Å². The van der Waals surface area contributed by atoms with Crippen molar-refractivity contribution >= 4 is 55.2 Å². The topological polar surface area (TPSA) is 71.7 Å². The van der Waals surface area contributed by atoms with Gasteiger partial charge in [-0.2, -0.15) is 4.99 Å². The van der Waals surface area contributed by atoms with Gasteiger partial charge in [-0.1, -0.05) is 39.4 Å². The second-order valence-corrected chi connectivity index (χ2v) is 7.73. The van der Waals surface area contributed by atoms with Crippen LogP contribution in [0.1, 0.15) is 20.7 Å². The highest BCUT2D eigenvalue weighted by molar-refractivity contribution is 9.10. The Morgan fingerprint density at radius 3 is 2.42 bits per heavy atom. The first kappa shape index (κ1) is 16.9. The third-order valence-corrected chi connectivity index (χ3v) is 5.75. The highest BCUT2D eigenvalue weighted by atomic mass is 79.9. The quantitative estimate of drug-likeness (QED) is 0.587. The fraction of sp³-hybridized carbons (Fsp3) is 0.111. The Hall–Kier alpha value is -2.58. The number of imide groups is 1. The van der Waals surface area contributed by atoms with E-state index in [0.717, 1.165) is 19.6 Å². The third-order valence-electron chi connectivity index (χ3n) is 4.16. The number of carbonyl (C=O) groups is 3. The van der Waals surface area contributed by atoms with Crippen molar-refractivity contribution in [1.82, 2.24) is 9.47 Å². The van der Waals surface area contributed by atoms with Gasteiger partial charge in [-0.3, -0.25) is 19.3 Å². The molecule has 0 saturated heterocycles. The largest absolute Gasteiger partial charge is 0.319 e. The number of aromatic nitrogens is 1. The van der Waals surface area contributed by atoms with Crippen LogP contribution in [0.25, 0.3) is 10.2 Å². The van der Waals surface area contributed by atoms with Crippen molar-refractivity contribution in [1.29, 1.82) is 0 Å². The Balaban J connectivity index is 1.64. The maximum Gasteiger partial charge on any atom is 0.268 e. The lowest BCUT2D eigenvalue weighted by Gasteiger charge is -2.10. The average molecular weight is 430 g/mol. The van der Waals surface area contributed by atoms with Gasteiger partial charge in [-0.25, -0.2) is 0 Å². The molecule has 1 aliphatic heterocycles. The summed E-state index contributed by atoms with van der Waals surface area (Å²) in [5.74, 6) is -1.46. The molecule has 0 unspecified atom stereocenters. The Kier molecular flexibility index (Phi) is 4.08. The summed E-state index contributed by atoms with van der Waals surface area (Å²) < 4.78 is 3.73. The summed E-state index contributed by atoms with van der Waals surface area (Å²) >= 11 is 4.79. The van der Waals surface area contributed by atoms with Crippen LogP contribution in [0, 0.1) is 0 Å². The summed E-state index contributed by atoms with van der Waals surface area (Å²) in [4.78, 5) is 42.6. The van der Waals surface area contributed by atoms with Crippen molar-refractivity contribution in [3.8, 4) is 0 Å². The normalized spacial score (nSPS) is 14.4. The van der Waals surface area contributed by atoms with Gasteiger partial charge in [0.15, 0.2) is 4.80 Å². The van der Waals surface area contributed by atoms with Gasteiger partial charge >= 0.3 is 0 Å². The Morgan fingerprint density at radius 1 is 1.12 bits per heavy atom. The van der Waals surface area contributed by atoms with Crippen molar-refractivity contribution < 1.29 is 14.4 Å². The zero-order valence-electron chi connectivity index (χ0n) is 13.6. The molecule has 0 saturated carbocycles. The maximum absolute atomic E-state index is 12.4. The van der Waals surface area contributed by atoms with Gasteiger partial charge in [0.1, 0.15) is 6.54 Å². The van der Waals surface area contributed by atoms with Crippen LogP contribution in [-0.4, -0.2) is 33.7 Å². The van der Waals surface area contributed by atoms with Gasteiger partial charge in [-0.05, 0) is 30.3 Å². The van der Waals surface area contributed by atoms with E-state index in [-0.39, 0.29) is 6.54 Å². The van der Waals surface area contributed by atoms with Gasteiger partial charge in [0.25, 0.3) is 17.7 Å². The first-order valence-electron chi connectivity index (χ1n) is 7.73. The molecule has 0 bridgehead atoms. The number of aryl methyl sites for hydroxylation is 1. The van der Waals surface area contributed by atoms with Crippen molar-refractivity contribution in [2.75, 3.05) is 6.54 Å². The zero-order valence-corrected chi connectivity index (χ0v) is 16.0. The molecule has 2 heterocycles. The van der Waals surface area contributed by atoms with Gasteiger partial charge in [0.2, 0.25) is 0 Å². The number of hydrogen-bond donors (Lipinski definition) is 0. The Labute approximate surface area is 160 Å². The fourth-order valence-electron chi connectivity index (χ4n) is 2.87. The summed E-state index contributed by atoms with van der Waals surface area (Å²) in [5, 5.41) is 0. The lowest BCUT2D eigenvalue weighted by atomic mass is 10.1. The molecule has 0 N–H and O–H groups in total. The summed E-state index contributed by atoms with van der Waals surface area (Å²) in [6, 6.07) is 12.4. The molecule has 6 nitrogen and oxygen atoms in total. The van der Waals surface area contributed by atoms with Crippen LogP contribution in [0.3, 0.4) is 0 Å². The molecule has 0 atom stereocenters. The molecule has 8 heteroatoms. The summed E-state index contributed by atoms with van der Waals surface area (Å²) in [7, 11) is 1.82. The SMILES string of the molecule is Cn1c(=NC(=O)CN2C(=O)c3ccccc3C2=O)sc2cc(Br)ccc21. The number of carbonyl (C=O) groups excluding carboxylic acids is 3. The number of halogens is 1. The first-order valence-corrected chi connectivity index (χ1v) is 9.34. The lowest BCUT2D eigenvalue weighted by Crippen LogP contribution is -2.35. The Morgan fingerprint density at radius 2 is 1.77 bits per heavy atom. The number of fused-ring (bicyclic) bond motifs is 2. The summed E-state index contributed by atoms with van der Waals surface area (Å²) in [5.41, 5.74) is 1.59. The molecule has 26 heavy (non-hydrogen) atoms. The van der Waals surface area contributed by atoms with Gasteiger partial charge < -0.3 is 4.57 Å². The van der Waals surface area contributed by atoms with E-state index in [9.17, 15) is 14.4 Å². The molecule has 130 valence electrons. The van der Waals surface area contributed by atoms with E-state index in [2.05, 4.69) is 20.9 Å². The molecule has 0 spiro atoms. The predicted octanol–water partition coefficient (Wildman–Crippen LogP) is 2.73. The van der Waals surface area contributed by atoms with Crippen molar-refractivity contribution in [3.05, 3.63) is 62.9 Å². The molecule has 0 aliphatic carbocycles. The Bertz CT molecular complexity index is 1130. The third kappa shape index (κ3) is 2.71. The minimum Gasteiger partial charge on any atom is -0.319 e. The van der Waals surface area contributed by atoms with E-state index in [0.29, 0.717) is 15.9 Å². The molecule has 0 fully saturated rings. The molecule has 3 amide bonds. The van der Waals surface area contributed by atoms with Crippen LogP contribution >= 0.6 is 27.3 Å². The number of thiazole rings is 1. The second kappa shape index (κ2) is 6.30. The molecular formula is C18H12BrN3O3S. The van der Waals surface area contributed by atoms with Crippen LogP contribution in [-0.2, 0) is 11.8 Å². The molecule has 2 aromatic carbocycles. The van der Waals surface area contributed by atoms with Crippen molar-refractivity contribution in [2.45, 2.75) is 0 Å². The molecule has 4 rings (SSSR count). The number of benzene rings is 2. The standard InChI is InChI=1S/C18H12BrN3O3S/c1-21-13-7-6-10(19)8-14(13)26-18(21)20-15(23)9-22-16(24)11-4-2-3-5-12(11)17(22)25/h2-8H,9H2,1H3.